The number of carboxylic acid groups (broad SMARTS) is 1. The van der Waals surface area contributed by atoms with E-state index < -0.39 is 12.0 Å². The number of aromatic nitrogens is 2. The van der Waals surface area contributed by atoms with Crippen molar-refractivity contribution < 1.29 is 9.90 Å². The highest BCUT2D eigenvalue weighted by Crippen LogP contribution is 2.03. The largest absolute Gasteiger partial charge is 0.480 e. The van der Waals surface area contributed by atoms with Gasteiger partial charge in [0, 0.05) is 18.7 Å². The van der Waals surface area contributed by atoms with Gasteiger partial charge in [0.2, 0.25) is 0 Å². The van der Waals surface area contributed by atoms with Crippen molar-refractivity contribution in [3.8, 4) is 0 Å². The summed E-state index contributed by atoms with van der Waals surface area (Å²) in [4.78, 5) is 18.1. The minimum absolute atomic E-state index is 0.0813. The van der Waals surface area contributed by atoms with Gasteiger partial charge >= 0.3 is 5.97 Å². The first-order valence-electron chi connectivity index (χ1n) is 5.47. The zero-order chi connectivity index (χ0) is 12.1. The maximum Gasteiger partial charge on any atom is 0.320 e. The summed E-state index contributed by atoms with van der Waals surface area (Å²) < 4.78 is 0. The van der Waals surface area contributed by atoms with Crippen molar-refractivity contribution >= 4 is 5.97 Å². The van der Waals surface area contributed by atoms with Gasteiger partial charge in [-0.1, -0.05) is 13.8 Å². The number of carbonyl (C=O) groups is 1. The molecule has 1 heterocycles. The van der Waals surface area contributed by atoms with Crippen molar-refractivity contribution in [1.82, 2.24) is 15.3 Å². The fraction of sp³-hybridized carbons (Fsp3) is 0.636. The monoisotopic (exact) mass is 225 g/mol. The van der Waals surface area contributed by atoms with E-state index in [0.29, 0.717) is 6.54 Å². The van der Waals surface area contributed by atoms with Gasteiger partial charge in [-0.05, 0) is 12.8 Å². The lowest BCUT2D eigenvalue weighted by Crippen LogP contribution is -2.41. The maximum atomic E-state index is 10.9. The third-order valence-corrected chi connectivity index (χ3v) is 2.59. The van der Waals surface area contributed by atoms with Crippen molar-refractivity contribution in [3.05, 3.63) is 17.7 Å². The summed E-state index contributed by atoms with van der Waals surface area (Å²) in [6.45, 7) is 6.37. The summed E-state index contributed by atoms with van der Waals surface area (Å²) >= 11 is 0. The molecule has 3 N–H and O–H groups in total. The first-order chi connectivity index (χ1) is 7.52. The second-order valence-electron chi connectivity index (χ2n) is 4.24. The van der Waals surface area contributed by atoms with Crippen LogP contribution in [-0.2, 0) is 11.2 Å². The molecule has 0 saturated carbocycles. The molecule has 0 amide bonds. The number of rotatable bonds is 6. The van der Waals surface area contributed by atoms with Crippen LogP contribution in [0.4, 0.5) is 0 Å². The molecular formula is C11H19N3O2. The lowest BCUT2D eigenvalue weighted by atomic mass is 10.0. The number of H-pyrrole nitrogens is 1. The van der Waals surface area contributed by atoms with Crippen LogP contribution in [0.25, 0.3) is 0 Å². The zero-order valence-corrected chi connectivity index (χ0v) is 9.95. The van der Waals surface area contributed by atoms with Crippen LogP contribution in [-0.4, -0.2) is 33.6 Å². The topological polar surface area (TPSA) is 78.0 Å². The van der Waals surface area contributed by atoms with E-state index in [1.807, 2.05) is 20.8 Å². The molecule has 0 aromatic carbocycles. The highest BCUT2D eigenvalue weighted by atomic mass is 16.4. The van der Waals surface area contributed by atoms with Crippen LogP contribution in [0.2, 0.25) is 0 Å². The summed E-state index contributed by atoms with van der Waals surface area (Å²) in [6.07, 6.45) is 2.40. The smallest absolute Gasteiger partial charge is 0.320 e. The Hall–Kier alpha value is -1.36. The molecule has 0 saturated heterocycles. The summed E-state index contributed by atoms with van der Waals surface area (Å²) in [5, 5.41) is 12.0. The van der Waals surface area contributed by atoms with Crippen LogP contribution in [0.1, 0.15) is 25.2 Å². The Morgan fingerprint density at radius 3 is 2.75 bits per heavy atom. The molecule has 1 rings (SSSR count). The Bertz CT molecular complexity index is 347. The molecule has 0 aliphatic heterocycles. The van der Waals surface area contributed by atoms with E-state index in [4.69, 9.17) is 5.11 Å². The van der Waals surface area contributed by atoms with Gasteiger partial charge in [0.05, 0.1) is 12.0 Å². The normalized spacial score (nSPS) is 13.0. The van der Waals surface area contributed by atoms with Crippen LogP contribution in [0, 0.1) is 12.8 Å². The van der Waals surface area contributed by atoms with Gasteiger partial charge < -0.3 is 15.4 Å². The van der Waals surface area contributed by atoms with E-state index in [1.165, 1.54) is 0 Å². The molecule has 0 bridgehead atoms. The Morgan fingerprint density at radius 1 is 1.62 bits per heavy atom. The van der Waals surface area contributed by atoms with Crippen LogP contribution >= 0.6 is 0 Å². The van der Waals surface area contributed by atoms with Crippen LogP contribution in [0.3, 0.4) is 0 Å². The van der Waals surface area contributed by atoms with Gasteiger partial charge in [0.1, 0.15) is 6.04 Å². The van der Waals surface area contributed by atoms with E-state index in [0.717, 1.165) is 17.8 Å². The van der Waals surface area contributed by atoms with Crippen molar-refractivity contribution in [2.45, 2.75) is 33.2 Å². The molecule has 1 atom stereocenters. The number of imidazole rings is 1. The highest BCUT2D eigenvalue weighted by molar-refractivity contribution is 5.73. The highest BCUT2D eigenvalue weighted by Gasteiger charge is 2.20. The predicted octanol–water partition coefficient (Wildman–Crippen LogP) is 0.959. The van der Waals surface area contributed by atoms with Crippen molar-refractivity contribution in [2.75, 3.05) is 6.54 Å². The van der Waals surface area contributed by atoms with E-state index >= 15 is 0 Å². The molecule has 16 heavy (non-hydrogen) atoms. The lowest BCUT2D eigenvalue weighted by Gasteiger charge is -2.17. The number of aryl methyl sites for hydroxylation is 1. The quantitative estimate of drug-likeness (QED) is 0.674. The Balaban J connectivity index is 2.40. The number of carboxylic acids is 1. The van der Waals surface area contributed by atoms with Gasteiger partial charge in [-0.3, -0.25) is 4.79 Å². The summed E-state index contributed by atoms with van der Waals surface area (Å²) in [6, 6.07) is -0.487. The van der Waals surface area contributed by atoms with Crippen molar-refractivity contribution in [2.24, 2.45) is 5.92 Å². The number of aromatic amines is 1. The van der Waals surface area contributed by atoms with E-state index in [-0.39, 0.29) is 5.92 Å². The predicted molar refractivity (Wildman–Crippen MR) is 61.3 cm³/mol. The zero-order valence-electron chi connectivity index (χ0n) is 9.95. The SMILES string of the molecule is Cc1[nH]cnc1CCN[C@H](C(=O)O)C(C)C. The standard InChI is InChI=1S/C11H19N3O2/c1-7(2)10(11(15)16)12-5-4-9-8(3)13-6-14-9/h6-7,10,12H,4-5H2,1-3H3,(H,13,14)(H,15,16)/t10-/m0/s1. The van der Waals surface area contributed by atoms with Crippen molar-refractivity contribution in [3.63, 3.8) is 0 Å². The number of nitrogens with zero attached hydrogens (tertiary/aromatic N) is 1. The van der Waals surface area contributed by atoms with E-state index in [2.05, 4.69) is 15.3 Å². The first kappa shape index (κ1) is 12.7. The molecule has 0 unspecified atom stereocenters. The molecule has 1 aromatic rings. The molecule has 5 heteroatoms. The van der Waals surface area contributed by atoms with E-state index in [1.54, 1.807) is 6.33 Å². The molecule has 1 aromatic heterocycles. The summed E-state index contributed by atoms with van der Waals surface area (Å²) in [5.74, 6) is -0.716. The molecule has 5 nitrogen and oxygen atoms in total. The minimum atomic E-state index is -0.797. The average molecular weight is 225 g/mol. The Kier molecular flexibility index (Phi) is 4.49. The van der Waals surface area contributed by atoms with Gasteiger partial charge in [-0.15, -0.1) is 0 Å². The Labute approximate surface area is 95.3 Å². The summed E-state index contributed by atoms with van der Waals surface area (Å²) in [5.41, 5.74) is 2.03. The minimum Gasteiger partial charge on any atom is -0.480 e. The molecule has 0 spiro atoms. The first-order valence-corrected chi connectivity index (χ1v) is 5.47. The van der Waals surface area contributed by atoms with Gasteiger partial charge in [-0.25, -0.2) is 4.98 Å². The summed E-state index contributed by atoms with van der Waals surface area (Å²) in [7, 11) is 0. The molecule has 90 valence electrons. The molecule has 0 radical (unpaired) electrons. The number of hydrogen-bond donors (Lipinski definition) is 3. The fourth-order valence-electron chi connectivity index (χ4n) is 1.59. The maximum absolute atomic E-state index is 10.9. The second kappa shape index (κ2) is 5.65. The molecule has 0 aliphatic carbocycles. The lowest BCUT2D eigenvalue weighted by molar-refractivity contribution is -0.140. The van der Waals surface area contributed by atoms with Crippen LogP contribution in [0.5, 0.6) is 0 Å². The third-order valence-electron chi connectivity index (χ3n) is 2.59. The van der Waals surface area contributed by atoms with Crippen molar-refractivity contribution in [1.29, 1.82) is 0 Å². The third kappa shape index (κ3) is 3.34. The van der Waals surface area contributed by atoms with Gasteiger partial charge in [0.15, 0.2) is 0 Å². The van der Waals surface area contributed by atoms with Gasteiger partial charge in [0.25, 0.3) is 0 Å². The molecule has 0 aliphatic rings. The van der Waals surface area contributed by atoms with Gasteiger partial charge in [-0.2, -0.15) is 0 Å². The van der Waals surface area contributed by atoms with E-state index in [9.17, 15) is 4.79 Å². The Morgan fingerprint density at radius 2 is 2.31 bits per heavy atom. The van der Waals surface area contributed by atoms with Crippen LogP contribution < -0.4 is 5.32 Å². The van der Waals surface area contributed by atoms with Crippen LogP contribution in [0.15, 0.2) is 6.33 Å². The fourth-order valence-corrected chi connectivity index (χ4v) is 1.59. The number of aliphatic carboxylic acids is 1. The second-order valence-corrected chi connectivity index (χ2v) is 4.24. The molecular weight excluding hydrogens is 206 g/mol. The average Bonchev–Trinajstić information content (AvgIpc) is 2.57. The number of nitrogens with one attached hydrogen (secondary N) is 2. The molecule has 0 fully saturated rings. The number of hydrogen-bond acceptors (Lipinski definition) is 3.